The lowest BCUT2D eigenvalue weighted by Gasteiger charge is -2.37. The molecule has 2 bridgehead atoms. The molecule has 3 aliphatic heterocycles. The summed E-state index contributed by atoms with van der Waals surface area (Å²) in [6.45, 7) is 10.3. The molecule has 5 atom stereocenters. The van der Waals surface area contributed by atoms with Gasteiger partial charge < -0.3 is 24.5 Å². The SMILES string of the molecule is C=CCN(C(=O)C1N(CCCCO)C(=O)[C@@H]2[C@H](C(=O)N(CC=C)c3ccccc3)[C@]3(C)CCC12O3)c1ccc(Cl)cc1. The standard InChI is InChI=1S/C33H38ClN3O5/c1-4-19-35(24-11-7-6-8-12-24)29(39)26-27-30(40)37(21-9-10-22-38)28(33(27)18-17-32(26,3)42-33)31(41)36(20-5-2)25-15-13-23(34)14-16-25/h4-8,11-16,26-28,38H,1-2,9-10,17-22H2,3H3/t26-,27+,28?,32+,33?/m1/s1. The predicted molar refractivity (Wildman–Crippen MR) is 163 cm³/mol. The van der Waals surface area contributed by atoms with Crippen LogP contribution in [0.1, 0.15) is 32.6 Å². The van der Waals surface area contributed by atoms with Gasteiger partial charge in [-0.05, 0) is 69.0 Å². The number of carbonyl (C=O) groups is 3. The van der Waals surface area contributed by atoms with Gasteiger partial charge in [-0.3, -0.25) is 14.4 Å². The highest BCUT2D eigenvalue weighted by atomic mass is 35.5. The molecule has 3 heterocycles. The van der Waals surface area contributed by atoms with Crippen LogP contribution in [0.25, 0.3) is 0 Å². The van der Waals surface area contributed by atoms with Crippen LogP contribution >= 0.6 is 11.6 Å². The molecule has 0 saturated carbocycles. The summed E-state index contributed by atoms with van der Waals surface area (Å²) in [6.07, 6.45) is 5.33. The van der Waals surface area contributed by atoms with Gasteiger partial charge in [0, 0.05) is 42.6 Å². The first kappa shape index (κ1) is 30.0. The number of aliphatic hydroxyl groups excluding tert-OH is 1. The molecule has 2 aromatic rings. The average Bonchev–Trinajstić information content (AvgIpc) is 3.56. The van der Waals surface area contributed by atoms with E-state index < -0.39 is 29.1 Å². The van der Waals surface area contributed by atoms with Crippen LogP contribution in [0.4, 0.5) is 11.4 Å². The summed E-state index contributed by atoms with van der Waals surface area (Å²) in [7, 11) is 0. The second kappa shape index (κ2) is 12.0. The van der Waals surface area contributed by atoms with Crippen LogP contribution in [-0.4, -0.2) is 71.2 Å². The van der Waals surface area contributed by atoms with Crippen molar-refractivity contribution < 1.29 is 24.2 Å². The number of carbonyl (C=O) groups excluding carboxylic acids is 3. The lowest BCUT2D eigenvalue weighted by Crippen LogP contribution is -2.56. The fourth-order valence-electron chi connectivity index (χ4n) is 7.16. The summed E-state index contributed by atoms with van der Waals surface area (Å²) in [5.74, 6) is -2.36. The average molecular weight is 592 g/mol. The van der Waals surface area contributed by atoms with Crippen molar-refractivity contribution in [3.63, 3.8) is 0 Å². The van der Waals surface area contributed by atoms with Crippen molar-refractivity contribution in [2.45, 2.75) is 49.9 Å². The number of likely N-dealkylation sites (tertiary alicyclic amines) is 1. The number of ether oxygens (including phenoxy) is 1. The lowest BCUT2D eigenvalue weighted by atomic mass is 9.66. The van der Waals surface area contributed by atoms with Crippen molar-refractivity contribution in [3.8, 4) is 0 Å². The second-order valence-electron chi connectivity index (χ2n) is 11.5. The maximum absolute atomic E-state index is 14.6. The first-order valence-electron chi connectivity index (χ1n) is 14.5. The van der Waals surface area contributed by atoms with E-state index in [1.54, 1.807) is 51.1 Å². The Hall–Kier alpha value is -3.46. The number of fused-ring (bicyclic) bond motifs is 1. The monoisotopic (exact) mass is 591 g/mol. The van der Waals surface area contributed by atoms with Crippen LogP contribution < -0.4 is 9.80 Å². The number of hydrogen-bond acceptors (Lipinski definition) is 5. The van der Waals surface area contributed by atoms with Crippen LogP contribution in [0.3, 0.4) is 0 Å². The van der Waals surface area contributed by atoms with Crippen molar-refractivity contribution >= 4 is 40.7 Å². The van der Waals surface area contributed by atoms with E-state index >= 15 is 0 Å². The fraction of sp³-hybridized carbons (Fsp3) is 0.424. The number of nitrogens with zero attached hydrogens (tertiary/aromatic N) is 3. The van der Waals surface area contributed by atoms with E-state index in [9.17, 15) is 19.5 Å². The molecule has 3 saturated heterocycles. The number of halogens is 1. The minimum absolute atomic E-state index is 0.0220. The highest BCUT2D eigenvalue weighted by molar-refractivity contribution is 6.30. The topological polar surface area (TPSA) is 90.4 Å². The zero-order chi connectivity index (χ0) is 30.1. The van der Waals surface area contributed by atoms with Gasteiger partial charge in [-0.15, -0.1) is 13.2 Å². The van der Waals surface area contributed by atoms with Crippen LogP contribution in [0.15, 0.2) is 79.9 Å². The smallest absolute Gasteiger partial charge is 0.253 e. The van der Waals surface area contributed by atoms with Crippen LogP contribution in [-0.2, 0) is 19.1 Å². The molecule has 222 valence electrons. The number of benzene rings is 2. The summed E-state index contributed by atoms with van der Waals surface area (Å²) >= 11 is 6.13. The molecule has 0 radical (unpaired) electrons. The maximum atomic E-state index is 14.6. The quantitative estimate of drug-likeness (QED) is 0.287. The molecule has 0 aromatic heterocycles. The zero-order valence-electron chi connectivity index (χ0n) is 24.0. The number of rotatable bonds is 12. The summed E-state index contributed by atoms with van der Waals surface area (Å²) < 4.78 is 6.81. The van der Waals surface area contributed by atoms with E-state index in [2.05, 4.69) is 13.2 Å². The minimum Gasteiger partial charge on any atom is -0.396 e. The van der Waals surface area contributed by atoms with E-state index in [-0.39, 0.29) is 44.0 Å². The first-order chi connectivity index (χ1) is 20.2. The number of unbranched alkanes of at least 4 members (excludes halogenated alkanes) is 1. The van der Waals surface area contributed by atoms with Gasteiger partial charge in [0.25, 0.3) is 5.91 Å². The minimum atomic E-state index is -1.16. The van der Waals surface area contributed by atoms with Gasteiger partial charge in [0.2, 0.25) is 11.8 Å². The molecule has 1 N–H and O–H groups in total. The third-order valence-electron chi connectivity index (χ3n) is 8.95. The Morgan fingerprint density at radius 2 is 1.62 bits per heavy atom. The van der Waals surface area contributed by atoms with Gasteiger partial charge in [0.1, 0.15) is 11.6 Å². The molecule has 3 aliphatic rings. The number of para-hydroxylation sites is 1. The normalized spacial score (nSPS) is 27.5. The molecule has 3 fully saturated rings. The van der Waals surface area contributed by atoms with Crippen molar-refractivity contribution in [2.24, 2.45) is 11.8 Å². The third-order valence-corrected chi connectivity index (χ3v) is 9.20. The Morgan fingerprint density at radius 1 is 1.00 bits per heavy atom. The molecular weight excluding hydrogens is 554 g/mol. The molecule has 8 nitrogen and oxygen atoms in total. The molecule has 9 heteroatoms. The highest BCUT2D eigenvalue weighted by Crippen LogP contribution is 2.63. The van der Waals surface area contributed by atoms with Crippen LogP contribution in [0, 0.1) is 11.8 Å². The molecule has 1 spiro atoms. The van der Waals surface area contributed by atoms with Crippen molar-refractivity contribution in [3.05, 3.63) is 84.9 Å². The van der Waals surface area contributed by atoms with Crippen molar-refractivity contribution in [1.82, 2.24) is 4.90 Å². The highest BCUT2D eigenvalue weighted by Gasteiger charge is 2.78. The number of anilines is 2. The Balaban J connectivity index is 1.58. The molecule has 0 aliphatic carbocycles. The Morgan fingerprint density at radius 3 is 2.24 bits per heavy atom. The number of hydrogen-bond donors (Lipinski definition) is 1. The fourth-order valence-corrected chi connectivity index (χ4v) is 7.29. The van der Waals surface area contributed by atoms with Crippen molar-refractivity contribution in [2.75, 3.05) is 36.0 Å². The van der Waals surface area contributed by atoms with E-state index in [0.717, 1.165) is 0 Å². The lowest BCUT2D eigenvalue weighted by molar-refractivity contribution is -0.144. The molecule has 3 amide bonds. The maximum Gasteiger partial charge on any atom is 0.253 e. The summed E-state index contributed by atoms with van der Waals surface area (Å²) in [5, 5.41) is 10.0. The third kappa shape index (κ3) is 4.95. The van der Waals surface area contributed by atoms with Gasteiger partial charge in [-0.2, -0.15) is 0 Å². The van der Waals surface area contributed by atoms with Gasteiger partial charge in [0.15, 0.2) is 0 Å². The summed E-state index contributed by atoms with van der Waals surface area (Å²) in [4.78, 5) is 48.3. The van der Waals surface area contributed by atoms with E-state index in [0.29, 0.717) is 42.1 Å². The summed E-state index contributed by atoms with van der Waals surface area (Å²) in [5.41, 5.74) is -0.740. The Labute approximate surface area is 252 Å². The van der Waals surface area contributed by atoms with Gasteiger partial charge in [-0.1, -0.05) is 42.0 Å². The first-order valence-corrected chi connectivity index (χ1v) is 14.9. The molecular formula is C33H38ClN3O5. The van der Waals surface area contributed by atoms with E-state index in [4.69, 9.17) is 16.3 Å². The van der Waals surface area contributed by atoms with E-state index in [1.165, 1.54) is 0 Å². The molecule has 42 heavy (non-hydrogen) atoms. The Kier molecular flexibility index (Phi) is 8.60. The van der Waals surface area contributed by atoms with Crippen LogP contribution in [0.2, 0.25) is 5.02 Å². The van der Waals surface area contributed by atoms with Crippen molar-refractivity contribution in [1.29, 1.82) is 0 Å². The Bertz CT molecular complexity index is 1350. The number of amides is 3. The molecule has 2 aromatic carbocycles. The zero-order valence-corrected chi connectivity index (χ0v) is 24.7. The van der Waals surface area contributed by atoms with E-state index in [1.807, 2.05) is 37.3 Å². The summed E-state index contributed by atoms with van der Waals surface area (Å²) in [6, 6.07) is 15.3. The van der Waals surface area contributed by atoms with Gasteiger partial charge in [-0.25, -0.2) is 0 Å². The predicted octanol–water partition coefficient (Wildman–Crippen LogP) is 4.62. The van der Waals surface area contributed by atoms with Crippen LogP contribution in [0.5, 0.6) is 0 Å². The largest absolute Gasteiger partial charge is 0.396 e. The molecule has 2 unspecified atom stereocenters. The molecule has 5 rings (SSSR count). The number of aliphatic hydroxyl groups is 1. The second-order valence-corrected chi connectivity index (χ2v) is 11.9. The van der Waals surface area contributed by atoms with Gasteiger partial charge >= 0.3 is 0 Å². The van der Waals surface area contributed by atoms with Gasteiger partial charge in [0.05, 0.1) is 17.4 Å².